The zero-order chi connectivity index (χ0) is 28.7. The summed E-state index contributed by atoms with van der Waals surface area (Å²) in [5, 5.41) is 6.84. The van der Waals surface area contributed by atoms with Gasteiger partial charge in [0.2, 0.25) is 17.7 Å². The number of likely N-dealkylation sites (tertiary alicyclic amines) is 1. The maximum absolute atomic E-state index is 14.2. The van der Waals surface area contributed by atoms with E-state index in [9.17, 15) is 14.4 Å². The largest absolute Gasteiger partial charge is 0.379 e. The van der Waals surface area contributed by atoms with Crippen molar-refractivity contribution in [1.29, 1.82) is 0 Å². The van der Waals surface area contributed by atoms with Crippen LogP contribution >= 0.6 is 11.6 Å². The zero-order valence-electron chi connectivity index (χ0n) is 23.9. The molecule has 5 aliphatic rings. The number of halogens is 1. The highest BCUT2D eigenvalue weighted by Gasteiger charge is 2.72. The van der Waals surface area contributed by atoms with Gasteiger partial charge in [-0.25, -0.2) is 0 Å². The number of nitrogens with one attached hydrogen (secondary N) is 2. The van der Waals surface area contributed by atoms with Crippen molar-refractivity contribution in [2.75, 3.05) is 44.7 Å². The number of benzene rings is 1. The molecule has 1 aromatic carbocycles. The predicted octanol–water partition coefficient (Wildman–Crippen LogP) is 3.09. The van der Waals surface area contributed by atoms with Gasteiger partial charge in [-0.2, -0.15) is 0 Å². The van der Waals surface area contributed by atoms with E-state index in [1.54, 1.807) is 29.2 Å². The summed E-state index contributed by atoms with van der Waals surface area (Å²) in [6.07, 6.45) is 7.07. The van der Waals surface area contributed by atoms with Crippen LogP contribution in [0.2, 0.25) is 5.02 Å². The number of fused-ring (bicyclic) bond motifs is 1. The Morgan fingerprint density at radius 2 is 1.83 bits per heavy atom. The van der Waals surface area contributed by atoms with E-state index in [0.29, 0.717) is 42.3 Å². The first-order valence-electron chi connectivity index (χ1n) is 15.1. The number of morpholine rings is 1. The Morgan fingerprint density at radius 3 is 2.59 bits per heavy atom. The summed E-state index contributed by atoms with van der Waals surface area (Å²) in [4.78, 5) is 46.0. The van der Waals surface area contributed by atoms with E-state index in [1.807, 2.05) is 12.2 Å². The number of hydrogen-bond acceptors (Lipinski definition) is 6. The van der Waals surface area contributed by atoms with E-state index in [-0.39, 0.29) is 23.8 Å². The van der Waals surface area contributed by atoms with Crippen molar-refractivity contribution in [2.24, 2.45) is 23.7 Å². The molecule has 8 atom stereocenters. The first kappa shape index (κ1) is 28.6. The van der Waals surface area contributed by atoms with Gasteiger partial charge in [0.15, 0.2) is 0 Å². The molecule has 2 N–H and O–H groups in total. The maximum Gasteiger partial charge on any atom is 0.246 e. The van der Waals surface area contributed by atoms with E-state index in [0.717, 1.165) is 45.3 Å². The second-order valence-electron chi connectivity index (χ2n) is 12.4. The lowest BCUT2D eigenvalue weighted by molar-refractivity contribution is -0.141. The minimum Gasteiger partial charge on any atom is -0.379 e. The first-order valence-corrected chi connectivity index (χ1v) is 15.5. The van der Waals surface area contributed by atoms with E-state index < -0.39 is 29.6 Å². The van der Waals surface area contributed by atoms with Gasteiger partial charge in [-0.1, -0.05) is 50.4 Å². The van der Waals surface area contributed by atoms with Gasteiger partial charge in [-0.05, 0) is 48.9 Å². The average molecular weight is 585 g/mol. The summed E-state index contributed by atoms with van der Waals surface area (Å²) >= 11 is 6.02. The number of rotatable bonds is 8. The third-order valence-electron chi connectivity index (χ3n) is 10.0. The van der Waals surface area contributed by atoms with Crippen LogP contribution in [0.15, 0.2) is 36.4 Å². The van der Waals surface area contributed by atoms with Crippen molar-refractivity contribution >= 4 is 35.0 Å². The second kappa shape index (κ2) is 11.7. The van der Waals surface area contributed by atoms with Crippen molar-refractivity contribution in [3.05, 3.63) is 41.4 Å². The van der Waals surface area contributed by atoms with E-state index in [1.165, 1.54) is 0 Å². The van der Waals surface area contributed by atoms with Crippen molar-refractivity contribution in [3.8, 4) is 0 Å². The summed E-state index contributed by atoms with van der Waals surface area (Å²) in [6, 6.07) is 6.12. The topological polar surface area (TPSA) is 100 Å². The lowest BCUT2D eigenvalue weighted by Crippen LogP contribution is -2.58. The van der Waals surface area contributed by atoms with Crippen LogP contribution in [0.3, 0.4) is 0 Å². The minimum absolute atomic E-state index is 0.0542. The molecule has 2 bridgehead atoms. The highest BCUT2D eigenvalue weighted by atomic mass is 35.5. The molecule has 222 valence electrons. The summed E-state index contributed by atoms with van der Waals surface area (Å²) in [7, 11) is 0. The van der Waals surface area contributed by atoms with Gasteiger partial charge >= 0.3 is 0 Å². The lowest BCUT2D eigenvalue weighted by Gasteiger charge is -2.38. The summed E-state index contributed by atoms with van der Waals surface area (Å²) in [5.74, 6) is -1.26. The van der Waals surface area contributed by atoms with E-state index in [4.69, 9.17) is 21.1 Å². The molecule has 4 aliphatic heterocycles. The number of carbonyl (C=O) groups excluding carboxylic acids is 3. The third-order valence-corrected chi connectivity index (χ3v) is 10.3. The standard InChI is InChI=1S/C31H41ClN4O5/c1-19-5-3-6-23(20(19)2)34-29(38)27-31-12-11-24(41-31)25(28(37)33-22-9-7-21(32)8-10-22)26(31)30(39)36(27)14-4-13-35-15-17-40-18-16-35/h7-12,19-20,23-27H,3-6,13-18H2,1-2H3,(H,33,37)(H,34,38)/t19?,20?,23?,24-,25?,26-,27?,31?/m0/s1. The normalized spacial score (nSPS) is 36.4. The quantitative estimate of drug-likeness (QED) is 0.456. The second-order valence-corrected chi connectivity index (χ2v) is 12.9. The van der Waals surface area contributed by atoms with Crippen LogP contribution in [-0.2, 0) is 23.9 Å². The van der Waals surface area contributed by atoms with Crippen molar-refractivity contribution in [2.45, 2.75) is 63.3 Å². The minimum atomic E-state index is -1.16. The number of carbonyl (C=O) groups is 3. The molecule has 4 heterocycles. The Balaban J connectivity index is 1.24. The third kappa shape index (κ3) is 5.31. The van der Waals surface area contributed by atoms with Gasteiger partial charge in [-0.3, -0.25) is 19.3 Å². The SMILES string of the molecule is CC1CCCC(NC(=O)C2N(CCCN3CCOCC3)C(=O)[C@@H]3C(C(=O)Nc4ccc(Cl)cc4)[C@@H]4C=CC23O4)C1C. The van der Waals surface area contributed by atoms with Crippen LogP contribution in [0.1, 0.15) is 39.5 Å². The maximum atomic E-state index is 14.2. The van der Waals surface area contributed by atoms with Crippen LogP contribution < -0.4 is 10.6 Å². The molecule has 6 unspecified atom stereocenters. The Morgan fingerprint density at radius 1 is 1.07 bits per heavy atom. The van der Waals surface area contributed by atoms with Crippen LogP contribution in [0, 0.1) is 23.7 Å². The van der Waals surface area contributed by atoms with Gasteiger partial charge in [0, 0.05) is 42.9 Å². The predicted molar refractivity (Wildman–Crippen MR) is 155 cm³/mol. The van der Waals surface area contributed by atoms with Crippen molar-refractivity contribution in [3.63, 3.8) is 0 Å². The van der Waals surface area contributed by atoms with Gasteiger partial charge in [-0.15, -0.1) is 0 Å². The Kier molecular flexibility index (Phi) is 8.15. The fraction of sp³-hybridized carbons (Fsp3) is 0.645. The number of anilines is 1. The number of nitrogens with zero attached hydrogens (tertiary/aromatic N) is 2. The average Bonchev–Trinajstić information content (AvgIpc) is 3.60. The molecule has 6 rings (SSSR count). The molecule has 1 aliphatic carbocycles. The van der Waals surface area contributed by atoms with Gasteiger partial charge in [0.25, 0.3) is 0 Å². The molecule has 4 fully saturated rings. The monoisotopic (exact) mass is 584 g/mol. The lowest BCUT2D eigenvalue weighted by atomic mass is 9.73. The zero-order valence-corrected chi connectivity index (χ0v) is 24.6. The molecule has 1 spiro atoms. The van der Waals surface area contributed by atoms with Crippen molar-refractivity contribution in [1.82, 2.24) is 15.1 Å². The van der Waals surface area contributed by atoms with E-state index >= 15 is 0 Å². The number of hydrogen-bond donors (Lipinski definition) is 2. The Labute approximate surface area is 246 Å². The molecular weight excluding hydrogens is 544 g/mol. The molecule has 9 nitrogen and oxygen atoms in total. The summed E-state index contributed by atoms with van der Waals surface area (Å²) < 4.78 is 12.0. The van der Waals surface area contributed by atoms with Crippen LogP contribution in [0.5, 0.6) is 0 Å². The van der Waals surface area contributed by atoms with Crippen LogP contribution in [-0.4, -0.2) is 90.7 Å². The molecule has 1 saturated carbocycles. The molecule has 3 amide bonds. The van der Waals surface area contributed by atoms with Gasteiger partial charge in [0.05, 0.1) is 31.2 Å². The molecule has 3 saturated heterocycles. The highest BCUT2D eigenvalue weighted by molar-refractivity contribution is 6.30. The summed E-state index contributed by atoms with van der Waals surface area (Å²) in [6.45, 7) is 8.83. The smallest absolute Gasteiger partial charge is 0.246 e. The molecule has 41 heavy (non-hydrogen) atoms. The van der Waals surface area contributed by atoms with E-state index in [2.05, 4.69) is 29.4 Å². The fourth-order valence-corrected chi connectivity index (χ4v) is 7.73. The molecular formula is C31H41ClN4O5. The molecule has 0 radical (unpaired) electrons. The summed E-state index contributed by atoms with van der Waals surface area (Å²) in [5.41, 5.74) is -0.557. The first-order chi connectivity index (χ1) is 19.8. The van der Waals surface area contributed by atoms with Crippen LogP contribution in [0.25, 0.3) is 0 Å². The molecule has 0 aromatic heterocycles. The Bertz CT molecular complexity index is 1190. The fourth-order valence-electron chi connectivity index (χ4n) is 7.60. The number of amides is 3. The molecule has 1 aromatic rings. The van der Waals surface area contributed by atoms with Crippen molar-refractivity contribution < 1.29 is 23.9 Å². The Hall–Kier alpha value is -2.46. The van der Waals surface area contributed by atoms with Gasteiger partial charge < -0.3 is 25.0 Å². The molecule has 10 heteroatoms. The van der Waals surface area contributed by atoms with Gasteiger partial charge in [0.1, 0.15) is 11.6 Å². The van der Waals surface area contributed by atoms with Crippen LogP contribution in [0.4, 0.5) is 5.69 Å². The highest BCUT2D eigenvalue weighted by Crippen LogP contribution is 2.55. The number of ether oxygens (including phenoxy) is 2.